The van der Waals surface area contributed by atoms with Gasteiger partial charge in [0.15, 0.2) is 0 Å². The molecular weight excluding hydrogens is 356 g/mol. The summed E-state index contributed by atoms with van der Waals surface area (Å²) in [4.78, 5) is 2.87. The molecule has 1 fully saturated rings. The molecule has 0 saturated heterocycles. The van der Waals surface area contributed by atoms with Gasteiger partial charge in [0.05, 0.1) is 0 Å². The van der Waals surface area contributed by atoms with E-state index in [9.17, 15) is 0 Å². The van der Waals surface area contributed by atoms with Crippen LogP contribution in [-0.4, -0.2) is 23.6 Å². The molecule has 4 heteroatoms. The lowest BCUT2D eigenvalue weighted by Gasteiger charge is -2.33. The van der Waals surface area contributed by atoms with Crippen LogP contribution in [-0.2, 0) is 13.1 Å². The highest BCUT2D eigenvalue weighted by molar-refractivity contribution is 8.03. The van der Waals surface area contributed by atoms with E-state index in [0.717, 1.165) is 24.6 Å². The van der Waals surface area contributed by atoms with Gasteiger partial charge in [-0.1, -0.05) is 49.2 Å². The van der Waals surface area contributed by atoms with Gasteiger partial charge in [0, 0.05) is 46.5 Å². The molecule has 1 aliphatic carbocycles. The minimum absolute atomic E-state index is 0.574. The molecule has 4 rings (SSSR count). The van der Waals surface area contributed by atoms with Crippen LogP contribution >= 0.6 is 23.5 Å². The average Bonchev–Trinajstić information content (AvgIpc) is 2.69. The highest BCUT2D eigenvalue weighted by Gasteiger charge is 2.24. The molecule has 0 radical (unpaired) electrons. The van der Waals surface area contributed by atoms with Crippen molar-refractivity contribution in [3.05, 3.63) is 59.7 Å². The number of thioether (sulfide) groups is 2. The summed E-state index contributed by atoms with van der Waals surface area (Å²) in [5.41, 5.74) is 2.90. The van der Waals surface area contributed by atoms with Gasteiger partial charge in [0.1, 0.15) is 0 Å². The standard InChI is InChI=1S/C22H28N2S2/c1-5-11-21-17(7-1)15-23-19-9-3-4-10-20(19)24-16-18-8-2-6-12-22(18)26-14-13-25-21/h1-2,5-8,11-12,19-20,23-24H,3-4,9-10,13-16H2/t19-,20-/m1/s1. The molecule has 1 aliphatic heterocycles. The van der Waals surface area contributed by atoms with Crippen LogP contribution in [0.4, 0.5) is 0 Å². The summed E-state index contributed by atoms with van der Waals surface area (Å²) in [6.45, 7) is 1.96. The first-order valence-electron chi connectivity index (χ1n) is 9.78. The van der Waals surface area contributed by atoms with Gasteiger partial charge in [-0.15, -0.1) is 23.5 Å². The van der Waals surface area contributed by atoms with E-state index in [1.165, 1.54) is 46.6 Å². The van der Waals surface area contributed by atoms with Crippen molar-refractivity contribution in [2.45, 2.75) is 60.6 Å². The van der Waals surface area contributed by atoms with Crippen molar-refractivity contribution in [1.82, 2.24) is 10.6 Å². The lowest BCUT2D eigenvalue weighted by molar-refractivity contribution is 0.280. The fraction of sp³-hybridized carbons (Fsp3) is 0.455. The maximum Gasteiger partial charge on any atom is 0.0224 e. The first-order chi connectivity index (χ1) is 12.9. The monoisotopic (exact) mass is 384 g/mol. The van der Waals surface area contributed by atoms with Crippen molar-refractivity contribution in [1.29, 1.82) is 0 Å². The molecular formula is C22H28N2S2. The van der Waals surface area contributed by atoms with Crippen LogP contribution in [0.15, 0.2) is 58.3 Å². The number of rotatable bonds is 0. The molecule has 0 aromatic heterocycles. The van der Waals surface area contributed by atoms with Crippen LogP contribution in [0.2, 0.25) is 0 Å². The van der Waals surface area contributed by atoms with Gasteiger partial charge in [0.2, 0.25) is 0 Å². The Labute approximate surface area is 165 Å². The van der Waals surface area contributed by atoms with Gasteiger partial charge in [-0.05, 0) is 36.1 Å². The summed E-state index contributed by atoms with van der Waals surface area (Å²) in [7, 11) is 0. The van der Waals surface area contributed by atoms with Gasteiger partial charge in [-0.25, -0.2) is 0 Å². The number of hydrogen-bond acceptors (Lipinski definition) is 4. The van der Waals surface area contributed by atoms with E-state index in [-0.39, 0.29) is 0 Å². The Morgan fingerprint density at radius 1 is 0.654 bits per heavy atom. The summed E-state index contributed by atoms with van der Waals surface area (Å²) in [5, 5.41) is 7.75. The Bertz CT molecular complexity index is 657. The van der Waals surface area contributed by atoms with E-state index in [4.69, 9.17) is 0 Å². The van der Waals surface area contributed by atoms with Crippen LogP contribution in [0.3, 0.4) is 0 Å². The molecule has 2 aromatic carbocycles. The summed E-state index contributed by atoms with van der Waals surface area (Å²) in [5.74, 6) is 2.30. The van der Waals surface area contributed by atoms with Gasteiger partial charge in [0.25, 0.3) is 0 Å². The van der Waals surface area contributed by atoms with Crippen molar-refractivity contribution in [3.63, 3.8) is 0 Å². The van der Waals surface area contributed by atoms with Gasteiger partial charge in [-0.3, -0.25) is 0 Å². The van der Waals surface area contributed by atoms with Crippen LogP contribution in [0, 0.1) is 0 Å². The third-order valence-electron chi connectivity index (χ3n) is 5.42. The lowest BCUT2D eigenvalue weighted by Crippen LogP contribution is -2.49. The topological polar surface area (TPSA) is 24.1 Å². The van der Waals surface area contributed by atoms with E-state index in [1.807, 2.05) is 23.5 Å². The highest BCUT2D eigenvalue weighted by atomic mass is 32.2. The minimum Gasteiger partial charge on any atom is -0.308 e. The Morgan fingerprint density at radius 2 is 1.12 bits per heavy atom. The molecule has 0 spiro atoms. The number of benzene rings is 2. The normalized spacial score (nSPS) is 24.6. The molecule has 0 unspecified atom stereocenters. The first kappa shape index (κ1) is 18.4. The van der Waals surface area contributed by atoms with Crippen molar-refractivity contribution in [2.24, 2.45) is 0 Å². The zero-order valence-corrected chi connectivity index (χ0v) is 16.9. The number of fused-ring (bicyclic) bond motifs is 3. The zero-order chi connectivity index (χ0) is 17.6. The van der Waals surface area contributed by atoms with Crippen molar-refractivity contribution < 1.29 is 0 Å². The van der Waals surface area contributed by atoms with Crippen LogP contribution in [0.25, 0.3) is 0 Å². The molecule has 2 nitrogen and oxygen atoms in total. The molecule has 2 atom stereocenters. The summed E-state index contributed by atoms with van der Waals surface area (Å²) >= 11 is 4.00. The van der Waals surface area contributed by atoms with Crippen molar-refractivity contribution >= 4 is 23.5 Å². The summed E-state index contributed by atoms with van der Waals surface area (Å²) in [6, 6.07) is 19.0. The zero-order valence-electron chi connectivity index (χ0n) is 15.2. The summed E-state index contributed by atoms with van der Waals surface area (Å²) < 4.78 is 0. The van der Waals surface area contributed by atoms with Gasteiger partial charge < -0.3 is 10.6 Å². The SMILES string of the molecule is c1ccc2c(c1)CN[C@@H]1CCCC[C@H]1NCc1ccccc1SCCS2. The van der Waals surface area contributed by atoms with Crippen molar-refractivity contribution in [2.75, 3.05) is 11.5 Å². The summed E-state index contributed by atoms with van der Waals surface area (Å²) in [6.07, 6.45) is 5.25. The molecule has 26 heavy (non-hydrogen) atoms. The molecule has 2 aromatic rings. The number of hydrogen-bond donors (Lipinski definition) is 2. The van der Waals surface area contributed by atoms with Crippen LogP contribution in [0.5, 0.6) is 0 Å². The van der Waals surface area contributed by atoms with E-state index >= 15 is 0 Å². The van der Waals surface area contributed by atoms with E-state index in [2.05, 4.69) is 59.2 Å². The predicted molar refractivity (Wildman–Crippen MR) is 114 cm³/mol. The third-order valence-corrected chi connectivity index (χ3v) is 7.91. The van der Waals surface area contributed by atoms with E-state index in [1.54, 1.807) is 0 Å². The molecule has 1 saturated carbocycles. The van der Waals surface area contributed by atoms with Gasteiger partial charge in [-0.2, -0.15) is 0 Å². The Hall–Kier alpha value is -0.940. The fourth-order valence-electron chi connectivity index (χ4n) is 3.99. The highest BCUT2D eigenvalue weighted by Crippen LogP contribution is 2.29. The molecule has 2 aliphatic rings. The first-order valence-corrected chi connectivity index (χ1v) is 11.8. The maximum absolute atomic E-state index is 3.87. The second-order valence-corrected chi connectivity index (χ2v) is 9.45. The van der Waals surface area contributed by atoms with E-state index < -0.39 is 0 Å². The Morgan fingerprint density at radius 3 is 1.62 bits per heavy atom. The molecule has 138 valence electrons. The van der Waals surface area contributed by atoms with Crippen LogP contribution < -0.4 is 10.6 Å². The van der Waals surface area contributed by atoms with Crippen LogP contribution in [0.1, 0.15) is 36.8 Å². The quantitative estimate of drug-likeness (QED) is 0.662. The Kier molecular flexibility index (Phi) is 6.60. The molecule has 1 heterocycles. The predicted octanol–water partition coefficient (Wildman–Crippen LogP) is 5.08. The van der Waals surface area contributed by atoms with E-state index in [0.29, 0.717) is 12.1 Å². The maximum atomic E-state index is 3.87. The average molecular weight is 385 g/mol. The van der Waals surface area contributed by atoms with Crippen molar-refractivity contribution in [3.8, 4) is 0 Å². The second kappa shape index (κ2) is 9.32. The smallest absolute Gasteiger partial charge is 0.0224 e. The lowest BCUT2D eigenvalue weighted by atomic mass is 9.90. The molecule has 2 N–H and O–H groups in total. The molecule has 0 bridgehead atoms. The minimum atomic E-state index is 0.574. The third kappa shape index (κ3) is 4.66. The fourth-order valence-corrected chi connectivity index (χ4v) is 6.09. The number of nitrogens with one attached hydrogen (secondary N) is 2. The second-order valence-electron chi connectivity index (χ2n) is 7.17. The molecule has 0 amide bonds. The Balaban J connectivity index is 1.56. The van der Waals surface area contributed by atoms with Gasteiger partial charge >= 0.3 is 0 Å². The largest absolute Gasteiger partial charge is 0.308 e.